The van der Waals surface area contributed by atoms with Gasteiger partial charge in [-0.25, -0.2) is 9.37 Å². The molecule has 6 heteroatoms. The van der Waals surface area contributed by atoms with Crippen LogP contribution in [-0.4, -0.2) is 52.3 Å². The maximum Gasteiger partial charge on any atom is 0.272 e. The Balaban J connectivity index is 1.66. The van der Waals surface area contributed by atoms with Crippen molar-refractivity contribution in [3.63, 3.8) is 0 Å². The SMILES string of the molecule is CC(C)CCN1C(=O)CC[C@H]2CN(C(=O)c3ccc(F)cn3)CC[C@H]21. The van der Waals surface area contributed by atoms with Crippen LogP contribution >= 0.6 is 0 Å². The molecule has 25 heavy (non-hydrogen) atoms. The molecule has 5 nitrogen and oxygen atoms in total. The predicted octanol–water partition coefficient (Wildman–Crippen LogP) is 2.72. The lowest BCUT2D eigenvalue weighted by Crippen LogP contribution is -2.57. The van der Waals surface area contributed by atoms with Crippen molar-refractivity contribution in [3.05, 3.63) is 29.8 Å². The largest absolute Gasteiger partial charge is 0.339 e. The van der Waals surface area contributed by atoms with E-state index in [1.807, 2.05) is 4.90 Å². The molecule has 0 radical (unpaired) electrons. The number of rotatable bonds is 4. The highest BCUT2D eigenvalue weighted by Gasteiger charge is 2.40. The van der Waals surface area contributed by atoms with Crippen molar-refractivity contribution in [2.75, 3.05) is 19.6 Å². The summed E-state index contributed by atoms with van der Waals surface area (Å²) < 4.78 is 13.0. The quantitative estimate of drug-likeness (QED) is 0.841. The summed E-state index contributed by atoms with van der Waals surface area (Å²) in [6.07, 6.45) is 4.30. The Bertz CT molecular complexity index is 632. The summed E-state index contributed by atoms with van der Waals surface area (Å²) in [5, 5.41) is 0. The molecule has 1 aromatic rings. The molecule has 2 atom stereocenters. The topological polar surface area (TPSA) is 53.5 Å². The Hall–Kier alpha value is -1.98. The Morgan fingerprint density at radius 2 is 2.16 bits per heavy atom. The Labute approximate surface area is 148 Å². The van der Waals surface area contributed by atoms with E-state index in [4.69, 9.17) is 0 Å². The Morgan fingerprint density at radius 3 is 2.84 bits per heavy atom. The van der Waals surface area contributed by atoms with Gasteiger partial charge < -0.3 is 9.80 Å². The van der Waals surface area contributed by atoms with Gasteiger partial charge in [-0.1, -0.05) is 13.8 Å². The van der Waals surface area contributed by atoms with Gasteiger partial charge in [0, 0.05) is 32.1 Å². The average molecular weight is 347 g/mol. The van der Waals surface area contributed by atoms with Gasteiger partial charge in [0.2, 0.25) is 5.91 Å². The Kier molecular flexibility index (Phi) is 5.35. The predicted molar refractivity (Wildman–Crippen MR) is 92.4 cm³/mol. The van der Waals surface area contributed by atoms with Crippen LogP contribution in [0.4, 0.5) is 4.39 Å². The van der Waals surface area contributed by atoms with E-state index < -0.39 is 5.82 Å². The van der Waals surface area contributed by atoms with Gasteiger partial charge >= 0.3 is 0 Å². The molecule has 0 aromatic carbocycles. The molecule has 0 saturated carbocycles. The summed E-state index contributed by atoms with van der Waals surface area (Å²) in [6, 6.07) is 2.94. The van der Waals surface area contributed by atoms with Gasteiger partial charge in [0.15, 0.2) is 0 Å². The van der Waals surface area contributed by atoms with E-state index in [1.165, 1.54) is 12.1 Å². The molecular weight excluding hydrogens is 321 g/mol. The van der Waals surface area contributed by atoms with Crippen LogP contribution < -0.4 is 0 Å². The monoisotopic (exact) mass is 347 g/mol. The lowest BCUT2D eigenvalue weighted by molar-refractivity contribution is -0.140. The van der Waals surface area contributed by atoms with Gasteiger partial charge in [-0.2, -0.15) is 0 Å². The van der Waals surface area contributed by atoms with Crippen LogP contribution in [0.2, 0.25) is 0 Å². The Morgan fingerprint density at radius 1 is 1.36 bits per heavy atom. The van der Waals surface area contributed by atoms with Crippen molar-refractivity contribution in [1.82, 2.24) is 14.8 Å². The van der Waals surface area contributed by atoms with Gasteiger partial charge in [-0.3, -0.25) is 9.59 Å². The van der Waals surface area contributed by atoms with Crippen molar-refractivity contribution in [1.29, 1.82) is 0 Å². The first kappa shape index (κ1) is 17.8. The van der Waals surface area contributed by atoms with E-state index in [0.717, 1.165) is 32.0 Å². The average Bonchev–Trinajstić information content (AvgIpc) is 2.60. The van der Waals surface area contributed by atoms with Gasteiger partial charge in [0.1, 0.15) is 11.5 Å². The number of hydrogen-bond donors (Lipinski definition) is 0. The first-order chi connectivity index (χ1) is 12.0. The van der Waals surface area contributed by atoms with Gasteiger partial charge in [-0.05, 0) is 43.2 Å². The minimum Gasteiger partial charge on any atom is -0.339 e. The van der Waals surface area contributed by atoms with E-state index in [-0.39, 0.29) is 23.6 Å². The lowest BCUT2D eigenvalue weighted by Gasteiger charge is -2.47. The van der Waals surface area contributed by atoms with Crippen molar-refractivity contribution in [3.8, 4) is 0 Å². The highest BCUT2D eigenvalue weighted by atomic mass is 19.1. The fraction of sp³-hybridized carbons (Fsp3) is 0.632. The van der Waals surface area contributed by atoms with Crippen LogP contribution in [0.5, 0.6) is 0 Å². The molecule has 3 rings (SSSR count). The molecule has 1 aromatic heterocycles. The summed E-state index contributed by atoms with van der Waals surface area (Å²) in [7, 11) is 0. The second kappa shape index (κ2) is 7.50. The molecule has 0 spiro atoms. The highest BCUT2D eigenvalue weighted by Crippen LogP contribution is 2.32. The molecule has 0 aliphatic carbocycles. The van der Waals surface area contributed by atoms with Gasteiger partial charge in [0.25, 0.3) is 5.91 Å². The molecule has 0 N–H and O–H groups in total. The summed E-state index contributed by atoms with van der Waals surface area (Å²) >= 11 is 0. The minimum atomic E-state index is -0.443. The number of fused-ring (bicyclic) bond motifs is 1. The van der Waals surface area contributed by atoms with Crippen molar-refractivity contribution in [2.24, 2.45) is 11.8 Å². The van der Waals surface area contributed by atoms with Crippen molar-refractivity contribution in [2.45, 2.75) is 45.6 Å². The highest BCUT2D eigenvalue weighted by molar-refractivity contribution is 5.92. The number of likely N-dealkylation sites (tertiary alicyclic amines) is 2. The first-order valence-electron chi connectivity index (χ1n) is 9.16. The van der Waals surface area contributed by atoms with Crippen LogP contribution in [-0.2, 0) is 4.79 Å². The van der Waals surface area contributed by atoms with Crippen LogP contribution in [0.15, 0.2) is 18.3 Å². The normalized spacial score (nSPS) is 23.8. The summed E-state index contributed by atoms with van der Waals surface area (Å²) in [5.74, 6) is 0.551. The molecule has 136 valence electrons. The summed E-state index contributed by atoms with van der Waals surface area (Å²) in [5.41, 5.74) is 0.281. The number of halogens is 1. The van der Waals surface area contributed by atoms with Crippen LogP contribution in [0.3, 0.4) is 0 Å². The number of piperidine rings is 2. The first-order valence-corrected chi connectivity index (χ1v) is 9.16. The maximum atomic E-state index is 13.0. The summed E-state index contributed by atoms with van der Waals surface area (Å²) in [6.45, 7) is 6.41. The van der Waals surface area contributed by atoms with E-state index in [9.17, 15) is 14.0 Å². The number of hydrogen-bond acceptors (Lipinski definition) is 3. The number of aromatic nitrogens is 1. The number of carbonyl (C=O) groups excluding carboxylic acids is 2. The zero-order valence-corrected chi connectivity index (χ0v) is 14.9. The maximum absolute atomic E-state index is 13.0. The van der Waals surface area contributed by atoms with Crippen LogP contribution in [0.25, 0.3) is 0 Å². The van der Waals surface area contributed by atoms with E-state index in [0.29, 0.717) is 31.3 Å². The lowest BCUT2D eigenvalue weighted by atomic mass is 9.83. The summed E-state index contributed by atoms with van der Waals surface area (Å²) in [4.78, 5) is 32.7. The number of carbonyl (C=O) groups is 2. The zero-order valence-electron chi connectivity index (χ0n) is 14.9. The fourth-order valence-electron chi connectivity index (χ4n) is 3.89. The molecule has 0 bridgehead atoms. The molecular formula is C19H26FN3O2. The second-order valence-corrected chi connectivity index (χ2v) is 7.54. The second-order valence-electron chi connectivity index (χ2n) is 7.54. The van der Waals surface area contributed by atoms with Gasteiger partial charge in [0.05, 0.1) is 6.20 Å². The third-order valence-electron chi connectivity index (χ3n) is 5.32. The van der Waals surface area contributed by atoms with E-state index in [2.05, 4.69) is 18.8 Å². The van der Waals surface area contributed by atoms with E-state index in [1.54, 1.807) is 4.90 Å². The van der Waals surface area contributed by atoms with Crippen LogP contribution in [0, 0.1) is 17.7 Å². The van der Waals surface area contributed by atoms with Gasteiger partial charge in [-0.15, -0.1) is 0 Å². The molecule has 3 heterocycles. The third-order valence-corrected chi connectivity index (χ3v) is 5.32. The number of nitrogens with zero attached hydrogens (tertiary/aromatic N) is 3. The minimum absolute atomic E-state index is 0.149. The zero-order chi connectivity index (χ0) is 18.0. The molecule has 2 aliphatic heterocycles. The molecule has 0 unspecified atom stereocenters. The molecule has 2 fully saturated rings. The molecule has 2 aliphatic rings. The number of amides is 2. The number of pyridine rings is 1. The van der Waals surface area contributed by atoms with E-state index >= 15 is 0 Å². The van der Waals surface area contributed by atoms with Crippen molar-refractivity contribution >= 4 is 11.8 Å². The molecule has 2 saturated heterocycles. The smallest absolute Gasteiger partial charge is 0.272 e. The third kappa shape index (κ3) is 3.99. The fourth-order valence-corrected chi connectivity index (χ4v) is 3.89. The van der Waals surface area contributed by atoms with Crippen molar-refractivity contribution < 1.29 is 14.0 Å². The molecule has 2 amide bonds. The standard InChI is InChI=1S/C19H26FN3O2/c1-13(2)7-10-23-17-8-9-22(12-14(17)3-6-18(23)24)19(25)16-5-4-15(20)11-21-16/h4-5,11,13-14,17H,3,6-10,12H2,1-2H3/t14-,17+/m0/s1. The van der Waals surface area contributed by atoms with Crippen LogP contribution in [0.1, 0.15) is 50.0 Å².